The third-order valence-corrected chi connectivity index (χ3v) is 2.89. The van der Waals surface area contributed by atoms with Gasteiger partial charge in [-0.25, -0.2) is 0 Å². The molecule has 0 saturated carbocycles. The number of hydrogen-bond acceptors (Lipinski definition) is 3. The van der Waals surface area contributed by atoms with Crippen LogP contribution in [0.15, 0.2) is 18.5 Å². The Morgan fingerprint density at radius 1 is 1.35 bits per heavy atom. The predicted octanol–water partition coefficient (Wildman–Crippen LogP) is 1.23. The first kappa shape index (κ1) is 11.9. The highest BCUT2D eigenvalue weighted by molar-refractivity contribution is 5.15. The van der Waals surface area contributed by atoms with E-state index in [0.29, 0.717) is 0 Å². The van der Waals surface area contributed by atoms with Crippen molar-refractivity contribution in [3.05, 3.63) is 35.4 Å². The molecule has 0 aliphatic rings. The highest BCUT2D eigenvalue weighted by Crippen LogP contribution is 2.06. The molecule has 0 spiro atoms. The lowest BCUT2D eigenvalue weighted by atomic mass is 10.2. The van der Waals surface area contributed by atoms with Gasteiger partial charge in [0.1, 0.15) is 0 Å². The van der Waals surface area contributed by atoms with E-state index in [1.165, 1.54) is 11.3 Å². The number of nitrogens with zero attached hydrogens (tertiary/aromatic N) is 4. The van der Waals surface area contributed by atoms with Crippen molar-refractivity contribution >= 4 is 0 Å². The normalized spacial score (nSPS) is 11.0. The van der Waals surface area contributed by atoms with Gasteiger partial charge >= 0.3 is 0 Å². The Balaban J connectivity index is 1.87. The molecule has 0 bridgehead atoms. The number of aryl methyl sites for hydroxylation is 2. The highest BCUT2D eigenvalue weighted by Gasteiger charge is 2.04. The second kappa shape index (κ2) is 5.14. The average molecular weight is 233 g/mol. The van der Waals surface area contributed by atoms with Gasteiger partial charge in [-0.2, -0.15) is 10.2 Å². The van der Waals surface area contributed by atoms with E-state index in [-0.39, 0.29) is 0 Å². The smallest absolute Gasteiger partial charge is 0.0762 e. The number of nitrogens with one attached hydrogen (secondary N) is 1. The molecular formula is C12H19N5. The van der Waals surface area contributed by atoms with E-state index in [2.05, 4.69) is 29.4 Å². The number of hydrogen-bond donors (Lipinski definition) is 1. The topological polar surface area (TPSA) is 47.7 Å². The van der Waals surface area contributed by atoms with Gasteiger partial charge in [-0.05, 0) is 19.9 Å². The monoisotopic (exact) mass is 233 g/mol. The summed E-state index contributed by atoms with van der Waals surface area (Å²) in [5, 5.41) is 12.0. The highest BCUT2D eigenvalue weighted by atomic mass is 15.3. The van der Waals surface area contributed by atoms with Crippen LogP contribution in [0, 0.1) is 6.92 Å². The molecule has 2 heterocycles. The van der Waals surface area contributed by atoms with Gasteiger partial charge in [0, 0.05) is 44.1 Å². The molecule has 2 aromatic heterocycles. The Morgan fingerprint density at radius 3 is 2.76 bits per heavy atom. The van der Waals surface area contributed by atoms with E-state index in [1.807, 2.05) is 34.9 Å². The largest absolute Gasteiger partial charge is 0.307 e. The lowest BCUT2D eigenvalue weighted by Gasteiger charge is -2.03. The summed E-state index contributed by atoms with van der Waals surface area (Å²) >= 11 is 0. The minimum Gasteiger partial charge on any atom is -0.307 e. The zero-order valence-electron chi connectivity index (χ0n) is 10.6. The van der Waals surface area contributed by atoms with Gasteiger partial charge in [-0.3, -0.25) is 9.36 Å². The fourth-order valence-electron chi connectivity index (χ4n) is 1.86. The molecular weight excluding hydrogens is 214 g/mol. The quantitative estimate of drug-likeness (QED) is 0.845. The molecule has 0 saturated heterocycles. The fourth-order valence-corrected chi connectivity index (χ4v) is 1.86. The minimum atomic E-state index is 0.789. The molecule has 2 rings (SSSR count). The number of aromatic nitrogens is 4. The zero-order chi connectivity index (χ0) is 12.3. The van der Waals surface area contributed by atoms with E-state index in [9.17, 15) is 0 Å². The molecule has 5 nitrogen and oxygen atoms in total. The molecule has 0 aliphatic heterocycles. The summed E-state index contributed by atoms with van der Waals surface area (Å²) in [6.07, 6.45) is 3.89. The van der Waals surface area contributed by atoms with Crippen LogP contribution in [0.4, 0.5) is 0 Å². The van der Waals surface area contributed by atoms with Gasteiger partial charge in [-0.15, -0.1) is 0 Å². The average Bonchev–Trinajstić information content (AvgIpc) is 2.87. The lowest BCUT2D eigenvalue weighted by molar-refractivity contribution is 0.630. The van der Waals surface area contributed by atoms with Crippen molar-refractivity contribution in [2.75, 3.05) is 0 Å². The van der Waals surface area contributed by atoms with Crippen LogP contribution in [0.2, 0.25) is 0 Å². The van der Waals surface area contributed by atoms with Gasteiger partial charge in [0.05, 0.1) is 11.9 Å². The molecule has 0 aliphatic carbocycles. The molecule has 0 amide bonds. The van der Waals surface area contributed by atoms with Crippen molar-refractivity contribution in [2.24, 2.45) is 7.05 Å². The molecule has 1 N–H and O–H groups in total. The van der Waals surface area contributed by atoms with Crippen LogP contribution >= 0.6 is 0 Å². The first-order valence-corrected chi connectivity index (χ1v) is 5.91. The molecule has 0 unspecified atom stereocenters. The molecule has 5 heteroatoms. The summed E-state index contributed by atoms with van der Waals surface area (Å²) in [4.78, 5) is 0. The molecule has 0 atom stereocenters. The molecule has 0 fully saturated rings. The molecule has 2 aromatic rings. The van der Waals surface area contributed by atoms with Crippen molar-refractivity contribution in [3.63, 3.8) is 0 Å². The van der Waals surface area contributed by atoms with Gasteiger partial charge in [0.2, 0.25) is 0 Å². The summed E-state index contributed by atoms with van der Waals surface area (Å²) in [6.45, 7) is 6.76. The Hall–Kier alpha value is -1.62. The Kier molecular flexibility index (Phi) is 3.58. The maximum absolute atomic E-state index is 4.32. The van der Waals surface area contributed by atoms with Crippen LogP contribution in [0.5, 0.6) is 0 Å². The molecule has 92 valence electrons. The van der Waals surface area contributed by atoms with Crippen LogP contribution in [0.3, 0.4) is 0 Å². The van der Waals surface area contributed by atoms with Crippen molar-refractivity contribution in [1.29, 1.82) is 0 Å². The Bertz CT molecular complexity index is 483. The molecule has 0 radical (unpaired) electrons. The summed E-state index contributed by atoms with van der Waals surface area (Å²) in [7, 11) is 1.93. The van der Waals surface area contributed by atoms with E-state index < -0.39 is 0 Å². The van der Waals surface area contributed by atoms with E-state index in [0.717, 1.165) is 25.3 Å². The summed E-state index contributed by atoms with van der Waals surface area (Å²) in [5.74, 6) is 0. The van der Waals surface area contributed by atoms with Crippen molar-refractivity contribution in [2.45, 2.75) is 33.5 Å². The van der Waals surface area contributed by atoms with Crippen LogP contribution < -0.4 is 5.32 Å². The summed E-state index contributed by atoms with van der Waals surface area (Å²) in [6, 6.07) is 2.02. The van der Waals surface area contributed by atoms with Crippen LogP contribution in [0.25, 0.3) is 0 Å². The first-order valence-electron chi connectivity index (χ1n) is 5.91. The maximum atomic E-state index is 4.32. The van der Waals surface area contributed by atoms with Crippen LogP contribution in [-0.2, 0) is 26.7 Å². The zero-order valence-corrected chi connectivity index (χ0v) is 10.6. The van der Waals surface area contributed by atoms with Crippen molar-refractivity contribution in [3.8, 4) is 0 Å². The lowest BCUT2D eigenvalue weighted by Crippen LogP contribution is -2.14. The van der Waals surface area contributed by atoms with Gasteiger partial charge in [0.15, 0.2) is 0 Å². The number of rotatable bonds is 5. The predicted molar refractivity (Wildman–Crippen MR) is 66.4 cm³/mol. The maximum Gasteiger partial charge on any atom is 0.0762 e. The molecule has 0 aromatic carbocycles. The summed E-state index contributed by atoms with van der Waals surface area (Å²) in [5.41, 5.74) is 3.55. The van der Waals surface area contributed by atoms with Crippen LogP contribution in [-0.4, -0.2) is 19.6 Å². The third-order valence-electron chi connectivity index (χ3n) is 2.89. The van der Waals surface area contributed by atoms with Gasteiger partial charge < -0.3 is 5.32 Å². The minimum absolute atomic E-state index is 0.789. The van der Waals surface area contributed by atoms with Crippen molar-refractivity contribution < 1.29 is 0 Å². The van der Waals surface area contributed by atoms with Gasteiger partial charge in [0.25, 0.3) is 0 Å². The summed E-state index contributed by atoms with van der Waals surface area (Å²) < 4.78 is 3.83. The SMILES string of the molecule is CCn1ncc(CNCc2ccn(C)n2)c1C. The second-order valence-electron chi connectivity index (χ2n) is 4.16. The van der Waals surface area contributed by atoms with E-state index in [4.69, 9.17) is 0 Å². The van der Waals surface area contributed by atoms with Crippen LogP contribution in [0.1, 0.15) is 23.9 Å². The van der Waals surface area contributed by atoms with Crippen molar-refractivity contribution in [1.82, 2.24) is 24.9 Å². The standard InChI is InChI=1S/C12H19N5/c1-4-17-10(2)11(8-14-17)7-13-9-12-5-6-16(3)15-12/h5-6,8,13H,4,7,9H2,1-3H3. The van der Waals surface area contributed by atoms with E-state index >= 15 is 0 Å². The fraction of sp³-hybridized carbons (Fsp3) is 0.500. The third kappa shape index (κ3) is 2.74. The van der Waals surface area contributed by atoms with E-state index in [1.54, 1.807) is 0 Å². The molecule has 17 heavy (non-hydrogen) atoms. The van der Waals surface area contributed by atoms with Gasteiger partial charge in [-0.1, -0.05) is 0 Å². The first-order chi connectivity index (χ1) is 8.20. The Labute approximate surface area is 101 Å². The second-order valence-corrected chi connectivity index (χ2v) is 4.16. The Morgan fingerprint density at radius 2 is 2.18 bits per heavy atom.